The van der Waals surface area contributed by atoms with Crippen molar-refractivity contribution in [1.29, 1.82) is 0 Å². The molecule has 3 aromatic rings. The largest absolute Gasteiger partial charge is 0.349 e. The predicted molar refractivity (Wildman–Crippen MR) is 85.8 cm³/mol. The molecular formula is C17H14N2S. The van der Waals surface area contributed by atoms with Gasteiger partial charge in [-0.2, -0.15) is 0 Å². The molecule has 2 aromatic carbocycles. The zero-order valence-electron chi connectivity index (χ0n) is 11.2. The van der Waals surface area contributed by atoms with E-state index < -0.39 is 0 Å². The van der Waals surface area contributed by atoms with Crippen LogP contribution in [0.25, 0.3) is 10.9 Å². The van der Waals surface area contributed by atoms with Crippen molar-refractivity contribution in [2.24, 2.45) is 4.99 Å². The molecule has 4 rings (SSSR count). The Balaban J connectivity index is 2.01. The average Bonchev–Trinajstić information content (AvgIpc) is 2.86. The number of thioether (sulfide) groups is 1. The maximum Gasteiger partial charge on any atom is 0.0912 e. The topological polar surface area (TPSA) is 28.1 Å². The van der Waals surface area contributed by atoms with E-state index in [9.17, 15) is 0 Å². The number of nitrogens with zero attached hydrogens (tertiary/aromatic N) is 1. The highest BCUT2D eigenvalue weighted by Crippen LogP contribution is 2.35. The Labute approximate surface area is 121 Å². The summed E-state index contributed by atoms with van der Waals surface area (Å²) in [6.07, 6.45) is 0. The van der Waals surface area contributed by atoms with Crippen molar-refractivity contribution >= 4 is 28.4 Å². The summed E-state index contributed by atoms with van der Waals surface area (Å²) in [6.45, 7) is 2.15. The minimum atomic E-state index is 0.781. The molecule has 1 aliphatic heterocycles. The lowest BCUT2D eigenvalue weighted by Crippen LogP contribution is -2.10. The molecule has 1 N–H and O–H groups in total. The highest BCUT2D eigenvalue weighted by atomic mass is 32.2. The van der Waals surface area contributed by atoms with Gasteiger partial charge in [0.2, 0.25) is 0 Å². The number of H-pyrrole nitrogens is 1. The molecule has 0 atom stereocenters. The third-order valence-corrected chi connectivity index (χ3v) is 4.59. The summed E-state index contributed by atoms with van der Waals surface area (Å²) in [5.74, 6) is 0.781. The first-order valence-corrected chi connectivity index (χ1v) is 7.67. The van der Waals surface area contributed by atoms with Crippen LogP contribution in [0.15, 0.2) is 58.5 Å². The number of fused-ring (bicyclic) bond motifs is 3. The Morgan fingerprint density at radius 3 is 2.75 bits per heavy atom. The van der Waals surface area contributed by atoms with Gasteiger partial charge in [0.25, 0.3) is 0 Å². The molecule has 1 aromatic heterocycles. The summed E-state index contributed by atoms with van der Waals surface area (Å²) in [6, 6.07) is 16.9. The fourth-order valence-electron chi connectivity index (χ4n) is 2.76. The van der Waals surface area contributed by atoms with Crippen LogP contribution in [0.5, 0.6) is 0 Å². The summed E-state index contributed by atoms with van der Waals surface area (Å²) < 4.78 is 0. The SMILES string of the molecule is Cc1ccccc1C1=NCSc2[nH]c3ccccc3c21. The number of benzene rings is 2. The van der Waals surface area contributed by atoms with Crippen LogP contribution >= 0.6 is 11.8 Å². The van der Waals surface area contributed by atoms with Gasteiger partial charge >= 0.3 is 0 Å². The number of aryl methyl sites for hydroxylation is 1. The maximum absolute atomic E-state index is 4.78. The second-order valence-corrected chi connectivity index (χ2v) is 5.92. The quantitative estimate of drug-likeness (QED) is 0.703. The number of nitrogens with one attached hydrogen (secondary N) is 1. The monoisotopic (exact) mass is 278 g/mol. The molecule has 0 bridgehead atoms. The number of hydrogen-bond acceptors (Lipinski definition) is 2. The predicted octanol–water partition coefficient (Wildman–Crippen LogP) is 4.38. The third-order valence-electron chi connectivity index (χ3n) is 3.74. The van der Waals surface area contributed by atoms with Crippen molar-refractivity contribution in [3.05, 3.63) is 65.2 Å². The van der Waals surface area contributed by atoms with Crippen LogP contribution in [-0.4, -0.2) is 16.6 Å². The van der Waals surface area contributed by atoms with Crippen molar-refractivity contribution in [2.45, 2.75) is 11.9 Å². The normalized spacial score (nSPS) is 14.2. The fourth-order valence-corrected chi connectivity index (χ4v) is 3.62. The van der Waals surface area contributed by atoms with Crippen molar-refractivity contribution in [3.63, 3.8) is 0 Å². The molecule has 0 unspecified atom stereocenters. The van der Waals surface area contributed by atoms with Crippen LogP contribution in [0.1, 0.15) is 16.7 Å². The van der Waals surface area contributed by atoms with Gasteiger partial charge in [-0.15, -0.1) is 0 Å². The van der Waals surface area contributed by atoms with E-state index in [0.717, 1.165) is 11.6 Å². The van der Waals surface area contributed by atoms with Crippen LogP contribution < -0.4 is 0 Å². The van der Waals surface area contributed by atoms with Crippen molar-refractivity contribution < 1.29 is 0 Å². The molecule has 0 spiro atoms. The molecule has 2 nitrogen and oxygen atoms in total. The summed E-state index contributed by atoms with van der Waals surface area (Å²) in [4.78, 5) is 8.30. The first-order chi connectivity index (χ1) is 9.84. The lowest BCUT2D eigenvalue weighted by molar-refractivity contribution is 1.18. The number of rotatable bonds is 1. The van der Waals surface area contributed by atoms with E-state index in [1.807, 2.05) is 0 Å². The minimum absolute atomic E-state index is 0.781. The maximum atomic E-state index is 4.78. The van der Waals surface area contributed by atoms with Crippen LogP contribution in [-0.2, 0) is 0 Å². The molecule has 20 heavy (non-hydrogen) atoms. The van der Waals surface area contributed by atoms with Gasteiger partial charge in [-0.3, -0.25) is 4.99 Å². The fraction of sp³-hybridized carbons (Fsp3) is 0.118. The van der Waals surface area contributed by atoms with E-state index >= 15 is 0 Å². The first-order valence-electron chi connectivity index (χ1n) is 6.69. The Morgan fingerprint density at radius 2 is 1.85 bits per heavy atom. The Kier molecular flexibility index (Phi) is 2.67. The molecule has 0 aliphatic carbocycles. The lowest BCUT2D eigenvalue weighted by Gasteiger charge is -2.15. The number of aromatic nitrogens is 1. The smallest absolute Gasteiger partial charge is 0.0912 e. The minimum Gasteiger partial charge on any atom is -0.349 e. The number of aliphatic imine (C=N–C) groups is 1. The van der Waals surface area contributed by atoms with Crippen LogP contribution in [0, 0.1) is 6.92 Å². The standard InChI is InChI=1S/C17H14N2S/c1-11-6-2-3-7-12(11)16-15-13-8-4-5-9-14(13)19-17(15)20-10-18-16/h2-9,19H,10H2,1H3. The Bertz CT molecular complexity index is 830. The van der Waals surface area contributed by atoms with Gasteiger partial charge in [0.15, 0.2) is 0 Å². The molecule has 1 aliphatic rings. The number of aromatic amines is 1. The van der Waals surface area contributed by atoms with E-state index in [0.29, 0.717) is 0 Å². The molecule has 0 fully saturated rings. The van der Waals surface area contributed by atoms with Gasteiger partial charge in [-0.1, -0.05) is 54.2 Å². The Morgan fingerprint density at radius 1 is 1.05 bits per heavy atom. The number of para-hydroxylation sites is 1. The van der Waals surface area contributed by atoms with Crippen molar-refractivity contribution in [3.8, 4) is 0 Å². The van der Waals surface area contributed by atoms with Gasteiger partial charge in [-0.25, -0.2) is 0 Å². The third kappa shape index (κ3) is 1.70. The zero-order valence-corrected chi connectivity index (χ0v) is 12.0. The van der Waals surface area contributed by atoms with Crippen LogP contribution in [0.4, 0.5) is 0 Å². The van der Waals surface area contributed by atoms with Crippen LogP contribution in [0.2, 0.25) is 0 Å². The summed E-state index contributed by atoms with van der Waals surface area (Å²) >= 11 is 1.78. The van der Waals surface area contributed by atoms with E-state index in [4.69, 9.17) is 4.99 Å². The summed E-state index contributed by atoms with van der Waals surface area (Å²) in [5.41, 5.74) is 6.07. The van der Waals surface area contributed by atoms with E-state index in [2.05, 4.69) is 60.4 Å². The molecule has 0 saturated heterocycles. The molecule has 98 valence electrons. The number of hydrogen-bond donors (Lipinski definition) is 1. The summed E-state index contributed by atoms with van der Waals surface area (Å²) in [7, 11) is 0. The second-order valence-electron chi connectivity index (χ2n) is 4.97. The van der Waals surface area contributed by atoms with E-state index in [1.54, 1.807) is 11.8 Å². The molecule has 0 saturated carbocycles. The average molecular weight is 278 g/mol. The molecule has 2 heterocycles. The van der Waals surface area contributed by atoms with Gasteiger partial charge in [0, 0.05) is 22.0 Å². The highest BCUT2D eigenvalue weighted by molar-refractivity contribution is 7.99. The Hall–Kier alpha value is -2.00. The molecule has 0 radical (unpaired) electrons. The first kappa shape index (κ1) is 11.8. The van der Waals surface area contributed by atoms with Gasteiger partial charge in [0.1, 0.15) is 0 Å². The zero-order chi connectivity index (χ0) is 13.5. The van der Waals surface area contributed by atoms with Crippen molar-refractivity contribution in [2.75, 3.05) is 5.88 Å². The van der Waals surface area contributed by atoms with E-state index in [1.165, 1.54) is 32.6 Å². The second kappa shape index (κ2) is 4.53. The summed E-state index contributed by atoms with van der Waals surface area (Å²) in [5, 5.41) is 2.50. The molecule has 0 amide bonds. The molecule has 3 heteroatoms. The van der Waals surface area contributed by atoms with Gasteiger partial charge in [-0.05, 0) is 18.6 Å². The van der Waals surface area contributed by atoms with Gasteiger partial charge < -0.3 is 4.98 Å². The highest BCUT2D eigenvalue weighted by Gasteiger charge is 2.22. The van der Waals surface area contributed by atoms with Crippen LogP contribution in [0.3, 0.4) is 0 Å². The van der Waals surface area contributed by atoms with Gasteiger partial charge in [0.05, 0.1) is 16.6 Å². The van der Waals surface area contributed by atoms with Crippen molar-refractivity contribution in [1.82, 2.24) is 4.98 Å². The van der Waals surface area contributed by atoms with E-state index in [-0.39, 0.29) is 0 Å². The lowest BCUT2D eigenvalue weighted by atomic mass is 9.97. The molecular weight excluding hydrogens is 264 g/mol.